The molecule has 3 aromatic carbocycles. The molecule has 2 N–H and O–H groups in total. The highest BCUT2D eigenvalue weighted by Crippen LogP contribution is 2.41. The van der Waals surface area contributed by atoms with E-state index >= 15 is 0 Å². The first-order valence-electron chi connectivity index (χ1n) is 10.8. The van der Waals surface area contributed by atoms with Crippen LogP contribution in [-0.2, 0) is 22.6 Å². The lowest BCUT2D eigenvalue weighted by molar-refractivity contribution is -0.140. The zero-order valence-corrected chi connectivity index (χ0v) is 18.1. The van der Waals surface area contributed by atoms with Crippen molar-refractivity contribution in [1.29, 1.82) is 0 Å². The first-order valence-corrected chi connectivity index (χ1v) is 10.8. The maximum Gasteiger partial charge on any atom is 0.295 e. The molecule has 1 saturated heterocycles. The lowest BCUT2D eigenvalue weighted by Crippen LogP contribution is -2.29. The van der Waals surface area contributed by atoms with Gasteiger partial charge < -0.3 is 19.8 Å². The summed E-state index contributed by atoms with van der Waals surface area (Å²) in [6, 6.07) is 20.2. The van der Waals surface area contributed by atoms with Crippen LogP contribution < -0.4 is 4.74 Å². The van der Waals surface area contributed by atoms with Crippen LogP contribution in [-0.4, -0.2) is 32.9 Å². The summed E-state index contributed by atoms with van der Waals surface area (Å²) in [5.41, 5.74) is 2.95. The third kappa shape index (κ3) is 3.74. The van der Waals surface area contributed by atoms with Gasteiger partial charge in [0.25, 0.3) is 11.7 Å². The summed E-state index contributed by atoms with van der Waals surface area (Å²) in [7, 11) is 0. The van der Waals surface area contributed by atoms with Gasteiger partial charge in [-0.1, -0.05) is 42.5 Å². The Labute approximate surface area is 191 Å². The van der Waals surface area contributed by atoms with Crippen LogP contribution in [0.4, 0.5) is 0 Å². The number of likely N-dealkylation sites (tertiary alicyclic amines) is 1. The second kappa shape index (κ2) is 8.13. The van der Waals surface area contributed by atoms with Crippen molar-refractivity contribution < 1.29 is 24.5 Å². The number of ether oxygens (including phenoxy) is 1. The molecule has 2 heterocycles. The van der Waals surface area contributed by atoms with E-state index in [1.54, 1.807) is 24.3 Å². The van der Waals surface area contributed by atoms with Crippen molar-refractivity contribution in [3.63, 3.8) is 0 Å². The van der Waals surface area contributed by atoms with Crippen molar-refractivity contribution in [2.45, 2.75) is 32.0 Å². The predicted molar refractivity (Wildman–Crippen MR) is 123 cm³/mol. The molecule has 2 aliphatic rings. The van der Waals surface area contributed by atoms with Crippen molar-refractivity contribution in [2.24, 2.45) is 0 Å². The van der Waals surface area contributed by atoms with Crippen LogP contribution in [0.2, 0.25) is 0 Å². The van der Waals surface area contributed by atoms with E-state index in [2.05, 4.69) is 0 Å². The summed E-state index contributed by atoms with van der Waals surface area (Å²) in [6.07, 6.45) is 0.756. The maximum absolute atomic E-state index is 13.2. The van der Waals surface area contributed by atoms with E-state index in [-0.39, 0.29) is 29.7 Å². The number of amides is 1. The van der Waals surface area contributed by atoms with E-state index in [4.69, 9.17) is 4.74 Å². The monoisotopic (exact) mass is 441 g/mol. The number of nitrogens with zero attached hydrogens (tertiary/aromatic N) is 1. The number of aliphatic hydroxyl groups is 1. The van der Waals surface area contributed by atoms with Gasteiger partial charge >= 0.3 is 0 Å². The highest BCUT2D eigenvalue weighted by molar-refractivity contribution is 6.46. The van der Waals surface area contributed by atoms with Crippen LogP contribution in [0.15, 0.2) is 78.4 Å². The van der Waals surface area contributed by atoms with Crippen molar-refractivity contribution in [3.05, 3.63) is 101 Å². The van der Waals surface area contributed by atoms with Crippen molar-refractivity contribution in [2.75, 3.05) is 0 Å². The minimum atomic E-state index is -0.783. The third-order valence-corrected chi connectivity index (χ3v) is 6.11. The number of hydrogen-bond acceptors (Lipinski definition) is 5. The summed E-state index contributed by atoms with van der Waals surface area (Å²) >= 11 is 0. The summed E-state index contributed by atoms with van der Waals surface area (Å²) < 4.78 is 5.74. The third-order valence-electron chi connectivity index (χ3n) is 6.11. The topological polar surface area (TPSA) is 87.1 Å². The van der Waals surface area contributed by atoms with Gasteiger partial charge in [-0.25, -0.2) is 0 Å². The smallest absolute Gasteiger partial charge is 0.295 e. The number of aliphatic hydroxyl groups excluding tert-OH is 1. The highest BCUT2D eigenvalue weighted by Gasteiger charge is 2.46. The zero-order chi connectivity index (χ0) is 23.1. The molecule has 2 aliphatic heterocycles. The van der Waals surface area contributed by atoms with Gasteiger partial charge in [0, 0.05) is 18.5 Å². The molecule has 5 rings (SSSR count). The number of aromatic hydroxyl groups is 1. The molecule has 0 saturated carbocycles. The fraction of sp³-hybridized carbons (Fsp3) is 0.185. The Morgan fingerprint density at radius 2 is 1.76 bits per heavy atom. The number of Topliss-reactive ketones (excluding diaryl/α,β-unsaturated/α-hetero) is 1. The minimum Gasteiger partial charge on any atom is -0.508 e. The molecule has 6 heteroatoms. The molecule has 166 valence electrons. The van der Waals surface area contributed by atoms with Crippen LogP contribution in [0.25, 0.3) is 5.76 Å². The highest BCUT2D eigenvalue weighted by atomic mass is 16.5. The SMILES string of the molecule is CC1Cc2cc(/C(O)=C3\C(=O)C(=O)N(Cc4ccccc4)C3c3ccc(O)cc3)ccc2O1. The number of rotatable bonds is 4. The second-order valence-electron chi connectivity index (χ2n) is 8.46. The molecular formula is C27H23NO5. The van der Waals surface area contributed by atoms with Crippen LogP contribution in [0, 0.1) is 0 Å². The number of hydrogen-bond donors (Lipinski definition) is 2. The predicted octanol–water partition coefficient (Wildman–Crippen LogP) is 4.34. The average molecular weight is 441 g/mol. The number of phenolic OH excluding ortho intramolecular Hbond substituents is 1. The second-order valence-corrected chi connectivity index (χ2v) is 8.46. The van der Waals surface area contributed by atoms with Crippen molar-refractivity contribution >= 4 is 17.4 Å². The first-order chi connectivity index (χ1) is 15.9. The largest absolute Gasteiger partial charge is 0.508 e. The van der Waals surface area contributed by atoms with Crippen molar-refractivity contribution in [3.8, 4) is 11.5 Å². The molecule has 0 spiro atoms. The van der Waals surface area contributed by atoms with Crippen LogP contribution in [0.3, 0.4) is 0 Å². The molecule has 0 aromatic heterocycles. The fourth-order valence-corrected chi connectivity index (χ4v) is 4.55. The van der Waals surface area contributed by atoms with Crippen LogP contribution in [0.1, 0.15) is 35.2 Å². The van der Waals surface area contributed by atoms with Crippen LogP contribution in [0.5, 0.6) is 11.5 Å². The maximum atomic E-state index is 13.2. The molecule has 2 atom stereocenters. The molecule has 2 unspecified atom stereocenters. The van der Waals surface area contributed by atoms with E-state index in [0.29, 0.717) is 17.5 Å². The molecule has 0 radical (unpaired) electrons. The number of benzene rings is 3. The van der Waals surface area contributed by atoms with E-state index in [1.807, 2.05) is 43.3 Å². The zero-order valence-electron chi connectivity index (χ0n) is 18.1. The molecule has 6 nitrogen and oxygen atoms in total. The Balaban J connectivity index is 1.62. The summed E-state index contributed by atoms with van der Waals surface area (Å²) in [4.78, 5) is 27.7. The summed E-state index contributed by atoms with van der Waals surface area (Å²) in [5, 5.41) is 21.0. The number of carbonyl (C=O) groups excluding carboxylic acids is 2. The summed E-state index contributed by atoms with van der Waals surface area (Å²) in [5.74, 6) is -0.780. The minimum absolute atomic E-state index is 0.0357. The Morgan fingerprint density at radius 1 is 1.03 bits per heavy atom. The molecule has 33 heavy (non-hydrogen) atoms. The lowest BCUT2D eigenvalue weighted by Gasteiger charge is -2.25. The van der Waals surface area contributed by atoms with Gasteiger partial charge in [0.05, 0.1) is 11.6 Å². The van der Waals surface area contributed by atoms with E-state index in [9.17, 15) is 19.8 Å². The van der Waals surface area contributed by atoms with E-state index < -0.39 is 17.7 Å². The lowest BCUT2D eigenvalue weighted by atomic mass is 9.94. The first kappa shape index (κ1) is 20.8. The fourth-order valence-electron chi connectivity index (χ4n) is 4.55. The molecule has 1 amide bonds. The molecule has 0 bridgehead atoms. The Bertz CT molecular complexity index is 1260. The van der Waals surface area contributed by atoms with Gasteiger partial charge in [-0.15, -0.1) is 0 Å². The van der Waals surface area contributed by atoms with Crippen LogP contribution >= 0.6 is 0 Å². The Kier molecular flexibility index (Phi) is 5.13. The van der Waals surface area contributed by atoms with E-state index in [0.717, 1.165) is 16.9 Å². The van der Waals surface area contributed by atoms with Gasteiger partial charge in [0.2, 0.25) is 0 Å². The average Bonchev–Trinajstić information content (AvgIpc) is 3.31. The normalized spacial score (nSPS) is 21.2. The molecule has 1 fully saturated rings. The van der Waals surface area contributed by atoms with Crippen molar-refractivity contribution in [1.82, 2.24) is 4.90 Å². The number of carbonyl (C=O) groups is 2. The Hall–Kier alpha value is -4.06. The molecule has 0 aliphatic carbocycles. The number of phenols is 1. The van der Waals surface area contributed by atoms with Gasteiger partial charge in [-0.05, 0) is 53.9 Å². The van der Waals surface area contributed by atoms with Gasteiger partial charge in [-0.2, -0.15) is 0 Å². The molecule has 3 aromatic rings. The quantitative estimate of drug-likeness (QED) is 0.357. The molecular weight excluding hydrogens is 418 g/mol. The standard InChI is InChI=1S/C27H23NO5/c1-16-13-20-14-19(9-12-22(20)33-16)25(30)23-24(18-7-10-21(29)11-8-18)28(27(32)26(23)31)15-17-5-3-2-4-6-17/h2-12,14,16,24,29-30H,13,15H2,1H3/b25-23+. The summed E-state index contributed by atoms with van der Waals surface area (Å²) in [6.45, 7) is 2.18. The van der Waals surface area contributed by atoms with Gasteiger partial charge in [-0.3, -0.25) is 9.59 Å². The van der Waals surface area contributed by atoms with Gasteiger partial charge in [0.1, 0.15) is 23.4 Å². The Morgan fingerprint density at radius 3 is 2.48 bits per heavy atom. The number of fused-ring (bicyclic) bond motifs is 1. The van der Waals surface area contributed by atoms with Gasteiger partial charge in [0.15, 0.2) is 0 Å². The number of ketones is 1. The van der Waals surface area contributed by atoms with E-state index in [1.165, 1.54) is 17.0 Å².